The fraction of sp³-hybridized carbons (Fsp3) is 0.0968. The minimum Gasteiger partial charge on any atom is -0.366 e. The number of carbonyl (C=O) groups excluding carboxylic acids is 1. The van der Waals surface area contributed by atoms with Crippen molar-refractivity contribution in [2.75, 3.05) is 5.32 Å². The smallest absolute Gasteiger partial charge is 0.257 e. The molecule has 0 fully saturated rings. The van der Waals surface area contributed by atoms with Crippen LogP contribution in [-0.4, -0.2) is 33.5 Å². The van der Waals surface area contributed by atoms with Crippen LogP contribution in [0.15, 0.2) is 95.6 Å². The highest BCUT2D eigenvalue weighted by Gasteiger charge is 2.21. The van der Waals surface area contributed by atoms with Crippen molar-refractivity contribution in [2.24, 2.45) is 0 Å². The third-order valence-electron chi connectivity index (χ3n) is 6.74. The lowest BCUT2D eigenvalue weighted by Gasteiger charge is -2.12. The molecule has 1 amide bonds. The van der Waals surface area contributed by atoms with Crippen molar-refractivity contribution in [2.45, 2.75) is 20.0 Å². The lowest BCUT2D eigenvalue weighted by molar-refractivity contribution is 0.0950. The first-order chi connectivity index (χ1) is 20.0. The molecule has 41 heavy (non-hydrogen) atoms. The first-order valence-electron chi connectivity index (χ1n) is 13.0. The highest BCUT2D eigenvalue weighted by atomic mass is 35.5. The molecule has 6 rings (SSSR count). The minimum absolute atomic E-state index is 0.233. The third kappa shape index (κ3) is 5.44. The second-order valence-electron chi connectivity index (χ2n) is 9.52. The molecule has 0 saturated heterocycles. The second-order valence-corrected chi connectivity index (χ2v) is 9.93. The van der Waals surface area contributed by atoms with E-state index in [-0.39, 0.29) is 5.91 Å². The summed E-state index contributed by atoms with van der Waals surface area (Å²) >= 11 is 6.43. The molecule has 0 spiro atoms. The van der Waals surface area contributed by atoms with Crippen LogP contribution in [0.1, 0.15) is 27.2 Å². The van der Waals surface area contributed by atoms with E-state index in [4.69, 9.17) is 24.0 Å². The van der Waals surface area contributed by atoms with Gasteiger partial charge in [0, 0.05) is 41.5 Å². The third-order valence-corrected chi connectivity index (χ3v) is 7.07. The maximum Gasteiger partial charge on any atom is 0.257 e. The number of aryl methyl sites for hydroxylation is 1. The number of nitrogens with zero attached hydrogens (tertiary/aromatic N) is 4. The molecule has 6 aromatic rings. The zero-order valence-corrected chi connectivity index (χ0v) is 22.9. The molecule has 0 unspecified atom stereocenters. The van der Waals surface area contributed by atoms with Crippen LogP contribution in [0.5, 0.6) is 0 Å². The molecule has 2 radical (unpaired) electrons. The number of nitrogens with one attached hydrogen (secondary N) is 2. The predicted molar refractivity (Wildman–Crippen MR) is 160 cm³/mol. The Bertz CT molecular complexity index is 1850. The van der Waals surface area contributed by atoms with Crippen LogP contribution in [0.3, 0.4) is 0 Å². The van der Waals surface area contributed by atoms with Gasteiger partial charge in [-0.3, -0.25) is 4.79 Å². The van der Waals surface area contributed by atoms with Crippen molar-refractivity contribution < 1.29 is 9.32 Å². The maximum absolute atomic E-state index is 13.0. The zero-order valence-electron chi connectivity index (χ0n) is 22.1. The van der Waals surface area contributed by atoms with Gasteiger partial charge < -0.3 is 15.2 Å². The van der Waals surface area contributed by atoms with Crippen LogP contribution < -0.4 is 16.1 Å². The average Bonchev–Trinajstić information content (AvgIpc) is 3.58. The van der Waals surface area contributed by atoms with Gasteiger partial charge in [-0.05, 0) is 29.6 Å². The number of benzene rings is 3. The number of halogens is 1. The molecule has 0 bridgehead atoms. The van der Waals surface area contributed by atoms with E-state index in [1.807, 2.05) is 84.9 Å². The van der Waals surface area contributed by atoms with Crippen LogP contribution in [0.25, 0.3) is 28.2 Å². The van der Waals surface area contributed by atoms with E-state index >= 15 is 0 Å². The summed E-state index contributed by atoms with van der Waals surface area (Å²) in [5, 5.41) is 15.5. The molecule has 3 heterocycles. The SMILES string of the molecule is [B]c1cnn2c(NCc3ccc(CNC(=O)c4c(-c5ccccc5)noc4C)cc3)cc(-c3ccccc3Cl)nc12. The molecule has 0 saturated carbocycles. The maximum atomic E-state index is 13.0. The Hall–Kier alpha value is -4.89. The first-order valence-corrected chi connectivity index (χ1v) is 13.4. The van der Waals surface area contributed by atoms with Gasteiger partial charge in [0.05, 0.1) is 5.69 Å². The number of carbonyl (C=O) groups is 1. The van der Waals surface area contributed by atoms with Gasteiger partial charge in [-0.1, -0.05) is 89.6 Å². The molecule has 0 atom stereocenters. The number of fused-ring (bicyclic) bond motifs is 1. The standard InChI is InChI=1S/C31H24BClN6O2/c1-19-28(29(38-41-19)22-7-3-2-4-8-22)31(40)35-17-21-13-11-20(12-14-21)16-34-27-15-26(23-9-5-6-10-25(23)33)37-30-24(32)18-36-39(27)30/h2-15,18,34H,16-17H2,1H3,(H,35,40). The van der Waals surface area contributed by atoms with Gasteiger partial charge in [0.1, 0.15) is 30.7 Å². The number of anilines is 1. The van der Waals surface area contributed by atoms with E-state index < -0.39 is 0 Å². The van der Waals surface area contributed by atoms with Crippen molar-refractivity contribution >= 4 is 42.3 Å². The summed E-state index contributed by atoms with van der Waals surface area (Å²) in [6.07, 6.45) is 1.58. The topological polar surface area (TPSA) is 97.3 Å². The van der Waals surface area contributed by atoms with Crippen molar-refractivity contribution in [3.63, 3.8) is 0 Å². The Morgan fingerprint density at radius 3 is 2.44 bits per heavy atom. The van der Waals surface area contributed by atoms with E-state index in [2.05, 4.69) is 25.9 Å². The van der Waals surface area contributed by atoms with E-state index in [1.165, 1.54) is 0 Å². The van der Waals surface area contributed by atoms with E-state index in [1.54, 1.807) is 17.6 Å². The van der Waals surface area contributed by atoms with E-state index in [0.717, 1.165) is 28.1 Å². The van der Waals surface area contributed by atoms with E-state index in [0.29, 0.717) is 51.9 Å². The van der Waals surface area contributed by atoms with Crippen LogP contribution in [-0.2, 0) is 13.1 Å². The monoisotopic (exact) mass is 558 g/mol. The molecular weight excluding hydrogens is 535 g/mol. The number of hydrogen-bond acceptors (Lipinski definition) is 6. The zero-order chi connectivity index (χ0) is 28.3. The number of aromatic nitrogens is 4. The summed E-state index contributed by atoms with van der Waals surface area (Å²) in [7, 11) is 6.14. The molecule has 3 aromatic heterocycles. The summed E-state index contributed by atoms with van der Waals surface area (Å²) in [4.78, 5) is 17.7. The molecule has 0 aliphatic heterocycles. The summed E-state index contributed by atoms with van der Waals surface area (Å²) in [5.74, 6) is 0.976. The van der Waals surface area contributed by atoms with Gasteiger partial charge in [-0.15, -0.1) is 0 Å². The summed E-state index contributed by atoms with van der Waals surface area (Å²) < 4.78 is 7.00. The molecule has 200 valence electrons. The Balaban J connectivity index is 1.14. The first kappa shape index (κ1) is 26.3. The van der Waals surface area contributed by atoms with Crippen molar-refractivity contribution in [3.05, 3.63) is 119 Å². The number of hydrogen-bond donors (Lipinski definition) is 2. The van der Waals surface area contributed by atoms with Crippen molar-refractivity contribution in [1.29, 1.82) is 0 Å². The van der Waals surface area contributed by atoms with Gasteiger partial charge in [-0.25, -0.2) is 4.98 Å². The highest BCUT2D eigenvalue weighted by molar-refractivity contribution is 6.36. The van der Waals surface area contributed by atoms with Crippen LogP contribution >= 0.6 is 11.6 Å². The fourth-order valence-electron chi connectivity index (χ4n) is 4.58. The number of rotatable bonds is 8. The Morgan fingerprint density at radius 1 is 0.976 bits per heavy atom. The van der Waals surface area contributed by atoms with Gasteiger partial charge in [0.25, 0.3) is 5.91 Å². The quantitative estimate of drug-likeness (QED) is 0.245. The van der Waals surface area contributed by atoms with Crippen LogP contribution in [0.4, 0.5) is 5.82 Å². The number of amides is 1. The van der Waals surface area contributed by atoms with Crippen molar-refractivity contribution in [3.8, 4) is 22.5 Å². The van der Waals surface area contributed by atoms with Crippen LogP contribution in [0.2, 0.25) is 5.02 Å². The Kier molecular flexibility index (Phi) is 7.27. The normalized spacial score (nSPS) is 11.1. The lowest BCUT2D eigenvalue weighted by atomic mass is 10.0. The van der Waals surface area contributed by atoms with Crippen LogP contribution in [0, 0.1) is 6.92 Å². The molecule has 3 aromatic carbocycles. The summed E-state index contributed by atoms with van der Waals surface area (Å²) in [5.41, 5.74) is 6.34. The molecule has 0 aliphatic rings. The molecular formula is C31H24BClN6O2. The largest absolute Gasteiger partial charge is 0.366 e. The van der Waals surface area contributed by atoms with Gasteiger partial charge in [-0.2, -0.15) is 9.61 Å². The van der Waals surface area contributed by atoms with Crippen molar-refractivity contribution in [1.82, 2.24) is 25.1 Å². The van der Waals surface area contributed by atoms with Gasteiger partial charge in [0.2, 0.25) is 0 Å². The lowest BCUT2D eigenvalue weighted by Crippen LogP contribution is -2.23. The van der Waals surface area contributed by atoms with E-state index in [9.17, 15) is 4.79 Å². The summed E-state index contributed by atoms with van der Waals surface area (Å²) in [6.45, 7) is 2.64. The predicted octanol–water partition coefficient (Wildman–Crippen LogP) is 5.35. The van der Waals surface area contributed by atoms with Gasteiger partial charge >= 0.3 is 0 Å². The summed E-state index contributed by atoms with van der Waals surface area (Å²) in [6, 6.07) is 27.0. The second kappa shape index (κ2) is 11.3. The Labute approximate surface area is 242 Å². The Morgan fingerprint density at radius 2 is 1.68 bits per heavy atom. The molecule has 2 N–H and O–H groups in total. The molecule has 0 aliphatic carbocycles. The molecule has 10 heteroatoms. The fourth-order valence-corrected chi connectivity index (χ4v) is 4.82. The highest BCUT2D eigenvalue weighted by Crippen LogP contribution is 2.28. The molecule has 8 nitrogen and oxygen atoms in total. The van der Waals surface area contributed by atoms with Gasteiger partial charge in [0.15, 0.2) is 5.65 Å². The average molecular weight is 559 g/mol. The minimum atomic E-state index is -0.233.